The van der Waals surface area contributed by atoms with E-state index in [2.05, 4.69) is 0 Å². The van der Waals surface area contributed by atoms with Gasteiger partial charge >= 0.3 is 0 Å². The average molecular weight is 296 g/mol. The molecule has 2 aromatic carbocycles. The number of aryl methyl sites for hydroxylation is 1. The molecule has 0 saturated carbocycles. The van der Waals surface area contributed by atoms with Crippen molar-refractivity contribution in [3.8, 4) is 5.75 Å². The van der Waals surface area contributed by atoms with E-state index in [1.54, 1.807) is 13.2 Å². The standard InChI is InChI=1S/C15H15Cl2NO/c1-9-3-4-10(7-13(9)17)15(18)12-8-11(16)5-6-14(12)19-2/h3-8,15H,18H2,1-2H3. The van der Waals surface area contributed by atoms with Crippen LogP contribution in [0.25, 0.3) is 0 Å². The average Bonchev–Trinajstić information content (AvgIpc) is 2.41. The minimum atomic E-state index is -0.327. The fourth-order valence-corrected chi connectivity index (χ4v) is 2.30. The second kappa shape index (κ2) is 5.83. The maximum Gasteiger partial charge on any atom is 0.124 e. The Kier molecular flexibility index (Phi) is 4.35. The lowest BCUT2D eigenvalue weighted by atomic mass is 9.98. The fourth-order valence-electron chi connectivity index (χ4n) is 1.93. The molecule has 0 aliphatic heterocycles. The summed E-state index contributed by atoms with van der Waals surface area (Å²) in [6.07, 6.45) is 0. The second-order valence-electron chi connectivity index (χ2n) is 4.37. The summed E-state index contributed by atoms with van der Waals surface area (Å²) >= 11 is 12.2. The van der Waals surface area contributed by atoms with Crippen LogP contribution in [0.3, 0.4) is 0 Å². The summed E-state index contributed by atoms with van der Waals surface area (Å²) in [5, 5.41) is 1.33. The molecule has 2 N–H and O–H groups in total. The molecule has 0 saturated heterocycles. The number of methoxy groups -OCH3 is 1. The van der Waals surface area contributed by atoms with Gasteiger partial charge in [0.05, 0.1) is 13.2 Å². The molecule has 19 heavy (non-hydrogen) atoms. The Morgan fingerprint density at radius 1 is 1.11 bits per heavy atom. The number of nitrogens with two attached hydrogens (primary N) is 1. The molecule has 0 spiro atoms. The molecule has 2 nitrogen and oxygen atoms in total. The lowest BCUT2D eigenvalue weighted by Gasteiger charge is -2.17. The van der Waals surface area contributed by atoms with Crippen molar-refractivity contribution in [2.24, 2.45) is 5.73 Å². The first-order valence-electron chi connectivity index (χ1n) is 5.88. The highest BCUT2D eigenvalue weighted by Crippen LogP contribution is 2.32. The van der Waals surface area contributed by atoms with Crippen molar-refractivity contribution in [1.82, 2.24) is 0 Å². The van der Waals surface area contributed by atoms with Gasteiger partial charge in [0.15, 0.2) is 0 Å². The largest absolute Gasteiger partial charge is 0.496 e. The molecule has 0 aromatic heterocycles. The first-order chi connectivity index (χ1) is 9.02. The third kappa shape index (κ3) is 3.03. The SMILES string of the molecule is COc1ccc(Cl)cc1C(N)c1ccc(C)c(Cl)c1. The van der Waals surface area contributed by atoms with Crippen LogP contribution in [0.5, 0.6) is 5.75 Å². The number of benzene rings is 2. The van der Waals surface area contributed by atoms with Crippen molar-refractivity contribution >= 4 is 23.2 Å². The van der Waals surface area contributed by atoms with Crippen LogP contribution in [0.15, 0.2) is 36.4 Å². The van der Waals surface area contributed by atoms with Crippen LogP contribution in [0.4, 0.5) is 0 Å². The molecule has 1 atom stereocenters. The van der Waals surface area contributed by atoms with E-state index in [4.69, 9.17) is 33.7 Å². The van der Waals surface area contributed by atoms with Crippen LogP contribution >= 0.6 is 23.2 Å². The van der Waals surface area contributed by atoms with Gasteiger partial charge in [-0.1, -0.05) is 35.3 Å². The van der Waals surface area contributed by atoms with Crippen molar-refractivity contribution in [1.29, 1.82) is 0 Å². The van der Waals surface area contributed by atoms with Crippen LogP contribution < -0.4 is 10.5 Å². The second-order valence-corrected chi connectivity index (χ2v) is 5.22. The van der Waals surface area contributed by atoms with Crippen molar-refractivity contribution in [3.63, 3.8) is 0 Å². The molecule has 1 unspecified atom stereocenters. The predicted octanol–water partition coefficient (Wildman–Crippen LogP) is 4.36. The van der Waals surface area contributed by atoms with E-state index in [0.29, 0.717) is 15.8 Å². The highest BCUT2D eigenvalue weighted by Gasteiger charge is 2.15. The van der Waals surface area contributed by atoms with Crippen LogP contribution in [0, 0.1) is 6.92 Å². The van der Waals surface area contributed by atoms with E-state index in [9.17, 15) is 0 Å². The number of rotatable bonds is 3. The Morgan fingerprint density at radius 3 is 2.47 bits per heavy atom. The molecule has 2 aromatic rings. The summed E-state index contributed by atoms with van der Waals surface area (Å²) in [5.41, 5.74) is 9.08. The molecule has 0 amide bonds. The zero-order chi connectivity index (χ0) is 14.0. The molecular weight excluding hydrogens is 281 g/mol. The van der Waals surface area contributed by atoms with Gasteiger partial charge in [0.2, 0.25) is 0 Å². The minimum absolute atomic E-state index is 0.327. The third-order valence-corrected chi connectivity index (χ3v) is 3.72. The Hall–Kier alpha value is -1.22. The molecule has 0 radical (unpaired) electrons. The van der Waals surface area contributed by atoms with E-state index < -0.39 is 0 Å². The van der Waals surface area contributed by atoms with Gasteiger partial charge < -0.3 is 10.5 Å². The van der Waals surface area contributed by atoms with Gasteiger partial charge in [0.25, 0.3) is 0 Å². The van der Waals surface area contributed by atoms with E-state index in [-0.39, 0.29) is 6.04 Å². The zero-order valence-electron chi connectivity index (χ0n) is 10.8. The zero-order valence-corrected chi connectivity index (χ0v) is 12.3. The van der Waals surface area contributed by atoms with E-state index in [0.717, 1.165) is 16.7 Å². The number of hydrogen-bond acceptors (Lipinski definition) is 2. The highest BCUT2D eigenvalue weighted by atomic mass is 35.5. The number of halogens is 2. The first kappa shape index (κ1) is 14.2. The molecule has 2 rings (SSSR count). The molecule has 0 fully saturated rings. The molecule has 100 valence electrons. The predicted molar refractivity (Wildman–Crippen MR) is 80.2 cm³/mol. The van der Waals surface area contributed by atoms with Gasteiger partial charge in [-0.05, 0) is 42.3 Å². The van der Waals surface area contributed by atoms with Gasteiger partial charge in [-0.25, -0.2) is 0 Å². The maximum absolute atomic E-state index is 6.28. The summed E-state index contributed by atoms with van der Waals surface area (Å²) in [7, 11) is 1.61. The Labute approximate surface area is 123 Å². The molecule has 4 heteroatoms. The summed E-state index contributed by atoms with van der Waals surface area (Å²) < 4.78 is 5.33. The van der Waals surface area contributed by atoms with Crippen LogP contribution in [0.1, 0.15) is 22.7 Å². The van der Waals surface area contributed by atoms with Gasteiger partial charge in [-0.3, -0.25) is 0 Å². The van der Waals surface area contributed by atoms with Gasteiger partial charge in [-0.15, -0.1) is 0 Å². The van der Waals surface area contributed by atoms with Gasteiger partial charge in [0.1, 0.15) is 5.75 Å². The molecule has 0 heterocycles. The van der Waals surface area contributed by atoms with E-state index in [1.165, 1.54) is 0 Å². The Morgan fingerprint density at radius 2 is 1.84 bits per heavy atom. The lowest BCUT2D eigenvalue weighted by Crippen LogP contribution is -2.13. The van der Waals surface area contributed by atoms with Crippen LogP contribution in [-0.2, 0) is 0 Å². The Bertz CT molecular complexity index is 599. The summed E-state index contributed by atoms with van der Waals surface area (Å²) in [5.74, 6) is 0.716. The summed E-state index contributed by atoms with van der Waals surface area (Å²) in [4.78, 5) is 0. The third-order valence-electron chi connectivity index (χ3n) is 3.08. The molecular formula is C15H15Cl2NO. The smallest absolute Gasteiger partial charge is 0.124 e. The highest BCUT2D eigenvalue weighted by molar-refractivity contribution is 6.31. The first-order valence-corrected chi connectivity index (χ1v) is 6.63. The summed E-state index contributed by atoms with van der Waals surface area (Å²) in [6.45, 7) is 1.96. The van der Waals surface area contributed by atoms with Gasteiger partial charge in [0, 0.05) is 15.6 Å². The normalized spacial score (nSPS) is 12.3. The Balaban J connectivity index is 2.45. The monoisotopic (exact) mass is 295 g/mol. The van der Waals surface area contributed by atoms with Crippen LogP contribution in [0.2, 0.25) is 10.0 Å². The summed E-state index contributed by atoms with van der Waals surface area (Å²) in [6, 6.07) is 10.9. The van der Waals surface area contributed by atoms with Crippen molar-refractivity contribution in [2.45, 2.75) is 13.0 Å². The van der Waals surface area contributed by atoms with Gasteiger partial charge in [-0.2, -0.15) is 0 Å². The van der Waals surface area contributed by atoms with Crippen molar-refractivity contribution in [3.05, 3.63) is 63.1 Å². The fraction of sp³-hybridized carbons (Fsp3) is 0.200. The molecule has 0 aliphatic carbocycles. The molecule has 0 aliphatic rings. The van der Waals surface area contributed by atoms with E-state index >= 15 is 0 Å². The molecule has 0 bridgehead atoms. The lowest BCUT2D eigenvalue weighted by molar-refractivity contribution is 0.408. The minimum Gasteiger partial charge on any atom is -0.496 e. The number of ether oxygens (including phenoxy) is 1. The van der Waals surface area contributed by atoms with E-state index in [1.807, 2.05) is 37.3 Å². The van der Waals surface area contributed by atoms with Crippen LogP contribution in [-0.4, -0.2) is 7.11 Å². The topological polar surface area (TPSA) is 35.2 Å². The quantitative estimate of drug-likeness (QED) is 0.913. The number of hydrogen-bond donors (Lipinski definition) is 1. The maximum atomic E-state index is 6.28. The van der Waals surface area contributed by atoms with Crippen molar-refractivity contribution < 1.29 is 4.74 Å². The van der Waals surface area contributed by atoms with Crippen molar-refractivity contribution in [2.75, 3.05) is 7.11 Å².